The third kappa shape index (κ3) is 4.75. The molecule has 2 N–H and O–H groups in total. The van der Waals surface area contributed by atoms with Crippen LogP contribution >= 0.6 is 0 Å². The lowest BCUT2D eigenvalue weighted by Gasteiger charge is -2.23. The Morgan fingerprint density at radius 1 is 1.50 bits per heavy atom. The minimum Gasteiger partial charge on any atom is -0.480 e. The molecule has 6 nitrogen and oxygen atoms in total. The van der Waals surface area contributed by atoms with Crippen LogP contribution in [0, 0.1) is 11.3 Å². The summed E-state index contributed by atoms with van der Waals surface area (Å²) in [5.74, 6) is -1.25. The molecule has 0 saturated carbocycles. The molecule has 0 aromatic carbocycles. The van der Waals surface area contributed by atoms with Crippen LogP contribution in [0.25, 0.3) is 0 Å². The van der Waals surface area contributed by atoms with Crippen LogP contribution in [-0.2, 0) is 9.59 Å². The minimum atomic E-state index is -1.13. The minimum absolute atomic E-state index is 0.0543. The van der Waals surface area contributed by atoms with Crippen molar-refractivity contribution in [3.63, 3.8) is 0 Å². The number of rotatable bonds is 6. The summed E-state index contributed by atoms with van der Waals surface area (Å²) < 4.78 is 0. The molecule has 0 fully saturated rings. The second-order valence-corrected chi connectivity index (χ2v) is 4.01. The van der Waals surface area contributed by atoms with Gasteiger partial charge in [-0.25, -0.2) is 0 Å². The van der Waals surface area contributed by atoms with Gasteiger partial charge in [-0.2, -0.15) is 5.26 Å². The van der Waals surface area contributed by atoms with Gasteiger partial charge in [-0.15, -0.1) is 0 Å². The quantitative estimate of drug-likeness (QED) is 0.656. The van der Waals surface area contributed by atoms with E-state index < -0.39 is 11.5 Å². The molecule has 0 rings (SSSR count). The summed E-state index contributed by atoms with van der Waals surface area (Å²) in [4.78, 5) is 23.6. The smallest absolute Gasteiger partial charge is 0.323 e. The summed E-state index contributed by atoms with van der Waals surface area (Å²) in [6.45, 7) is 3.27. The highest BCUT2D eigenvalue weighted by Crippen LogP contribution is 2.01. The van der Waals surface area contributed by atoms with Crippen LogP contribution in [0.3, 0.4) is 0 Å². The number of aliphatic carboxylic acids is 1. The number of hydrogen-bond acceptors (Lipinski definition) is 4. The Morgan fingerprint density at radius 3 is 2.50 bits per heavy atom. The van der Waals surface area contributed by atoms with Crippen molar-refractivity contribution in [1.29, 1.82) is 5.26 Å². The number of nitrogens with one attached hydrogen (secondary N) is 1. The van der Waals surface area contributed by atoms with Crippen molar-refractivity contribution in [3.05, 3.63) is 0 Å². The van der Waals surface area contributed by atoms with Gasteiger partial charge in [-0.1, -0.05) is 0 Å². The monoisotopic (exact) mass is 227 g/mol. The van der Waals surface area contributed by atoms with Crippen molar-refractivity contribution < 1.29 is 14.7 Å². The molecule has 0 spiro atoms. The maximum absolute atomic E-state index is 11.5. The van der Waals surface area contributed by atoms with Gasteiger partial charge in [0.1, 0.15) is 5.54 Å². The van der Waals surface area contributed by atoms with Crippen molar-refractivity contribution in [2.24, 2.45) is 0 Å². The maximum Gasteiger partial charge on any atom is 0.323 e. The number of carboxylic acids is 1. The van der Waals surface area contributed by atoms with E-state index in [9.17, 15) is 9.59 Å². The number of amides is 1. The lowest BCUT2D eigenvalue weighted by molar-refractivity contribution is -0.143. The third-order valence-electron chi connectivity index (χ3n) is 2.20. The number of carboxylic acid groups (broad SMARTS) is 1. The van der Waals surface area contributed by atoms with E-state index in [0.717, 1.165) is 0 Å². The molecule has 90 valence electrons. The van der Waals surface area contributed by atoms with Crippen molar-refractivity contribution in [2.75, 3.05) is 20.1 Å². The highest BCUT2D eigenvalue weighted by molar-refractivity contribution is 5.81. The Kier molecular flexibility index (Phi) is 5.47. The number of carbonyl (C=O) groups is 2. The number of likely N-dealkylation sites (N-methyl/N-ethyl adjacent to an activating group) is 1. The van der Waals surface area contributed by atoms with Crippen LogP contribution in [0.2, 0.25) is 0 Å². The van der Waals surface area contributed by atoms with E-state index in [2.05, 4.69) is 5.32 Å². The summed E-state index contributed by atoms with van der Waals surface area (Å²) >= 11 is 0. The predicted molar refractivity (Wildman–Crippen MR) is 57.6 cm³/mol. The Balaban J connectivity index is 4.08. The first-order chi connectivity index (χ1) is 7.31. The van der Waals surface area contributed by atoms with Crippen LogP contribution in [0.1, 0.15) is 20.3 Å². The molecule has 0 aliphatic carbocycles. The summed E-state index contributed by atoms with van der Waals surface area (Å²) in [6.07, 6.45) is 0.268. The fraction of sp³-hybridized carbons (Fsp3) is 0.700. The van der Waals surface area contributed by atoms with Crippen molar-refractivity contribution in [3.8, 4) is 6.07 Å². The summed E-state index contributed by atoms with van der Waals surface area (Å²) in [5, 5.41) is 19.8. The van der Waals surface area contributed by atoms with Gasteiger partial charge in [0, 0.05) is 13.6 Å². The van der Waals surface area contributed by atoms with E-state index >= 15 is 0 Å². The average Bonchev–Trinajstić information content (AvgIpc) is 2.22. The first kappa shape index (κ1) is 14.4. The fourth-order valence-corrected chi connectivity index (χ4v) is 0.850. The Labute approximate surface area is 94.8 Å². The molecular formula is C10H17N3O3. The largest absolute Gasteiger partial charge is 0.480 e. The van der Waals surface area contributed by atoms with E-state index in [0.29, 0.717) is 6.54 Å². The molecule has 0 saturated heterocycles. The van der Waals surface area contributed by atoms with Crippen LogP contribution in [0.4, 0.5) is 0 Å². The zero-order valence-electron chi connectivity index (χ0n) is 9.78. The average molecular weight is 227 g/mol. The lowest BCUT2D eigenvalue weighted by Crippen LogP contribution is -2.50. The van der Waals surface area contributed by atoms with Crippen LogP contribution in [0.15, 0.2) is 0 Å². The molecular weight excluding hydrogens is 210 g/mol. The first-order valence-corrected chi connectivity index (χ1v) is 4.90. The topological polar surface area (TPSA) is 93.4 Å². The van der Waals surface area contributed by atoms with Gasteiger partial charge in [0.2, 0.25) is 5.91 Å². The number of hydrogen-bond donors (Lipinski definition) is 2. The summed E-state index contributed by atoms with van der Waals surface area (Å²) in [7, 11) is 1.58. The third-order valence-corrected chi connectivity index (χ3v) is 2.20. The summed E-state index contributed by atoms with van der Waals surface area (Å²) in [5.41, 5.74) is -1.13. The highest BCUT2D eigenvalue weighted by Gasteiger charge is 2.27. The normalized spacial score (nSPS) is 10.6. The van der Waals surface area contributed by atoms with Crippen molar-refractivity contribution in [1.82, 2.24) is 10.2 Å². The van der Waals surface area contributed by atoms with Gasteiger partial charge >= 0.3 is 5.97 Å². The van der Waals surface area contributed by atoms with Gasteiger partial charge in [0.15, 0.2) is 0 Å². The van der Waals surface area contributed by atoms with Crippen LogP contribution < -0.4 is 5.32 Å². The molecule has 0 aliphatic heterocycles. The van der Waals surface area contributed by atoms with E-state index in [-0.39, 0.29) is 18.9 Å². The molecule has 0 radical (unpaired) electrons. The van der Waals surface area contributed by atoms with Gasteiger partial charge < -0.3 is 10.0 Å². The molecule has 0 aromatic heterocycles. The Hall–Kier alpha value is -1.61. The molecule has 0 heterocycles. The van der Waals surface area contributed by atoms with Gasteiger partial charge in [-0.05, 0) is 13.8 Å². The molecule has 0 bridgehead atoms. The molecule has 16 heavy (non-hydrogen) atoms. The number of carbonyl (C=O) groups excluding carboxylic acids is 1. The zero-order valence-corrected chi connectivity index (χ0v) is 9.78. The maximum atomic E-state index is 11.5. The molecule has 0 unspecified atom stereocenters. The predicted octanol–water partition coefficient (Wildman–Crippen LogP) is -0.189. The second-order valence-electron chi connectivity index (χ2n) is 4.01. The van der Waals surface area contributed by atoms with Crippen molar-refractivity contribution in [2.45, 2.75) is 25.8 Å². The number of nitriles is 1. The van der Waals surface area contributed by atoms with Gasteiger partial charge in [0.25, 0.3) is 0 Å². The van der Waals surface area contributed by atoms with E-state index in [4.69, 9.17) is 10.4 Å². The molecule has 0 aliphatic rings. The number of nitrogens with zero attached hydrogens (tertiary/aromatic N) is 2. The van der Waals surface area contributed by atoms with Crippen molar-refractivity contribution >= 4 is 11.9 Å². The van der Waals surface area contributed by atoms with Crippen LogP contribution in [-0.4, -0.2) is 47.6 Å². The fourth-order valence-electron chi connectivity index (χ4n) is 0.850. The second kappa shape index (κ2) is 6.08. The zero-order chi connectivity index (χ0) is 12.8. The van der Waals surface area contributed by atoms with E-state index in [1.807, 2.05) is 6.07 Å². The first-order valence-electron chi connectivity index (χ1n) is 4.90. The highest BCUT2D eigenvalue weighted by atomic mass is 16.4. The summed E-state index contributed by atoms with van der Waals surface area (Å²) in [6, 6.07) is 1.94. The SMILES string of the molecule is CN(CCC#N)C(=O)CNC(C)(C)C(=O)O. The lowest BCUT2D eigenvalue weighted by atomic mass is 10.1. The molecule has 1 amide bonds. The van der Waals surface area contributed by atoms with Gasteiger partial charge in [-0.3, -0.25) is 14.9 Å². The standard InChI is InChI=1S/C10H17N3O3/c1-10(2,9(15)16)12-7-8(14)13(3)6-4-5-11/h12H,4,6-7H2,1-3H3,(H,15,16). The Bertz CT molecular complexity index is 307. The molecule has 0 atom stereocenters. The van der Waals surface area contributed by atoms with E-state index in [1.165, 1.54) is 18.7 Å². The van der Waals surface area contributed by atoms with E-state index in [1.54, 1.807) is 7.05 Å². The van der Waals surface area contributed by atoms with Crippen LogP contribution in [0.5, 0.6) is 0 Å². The van der Waals surface area contributed by atoms with Gasteiger partial charge in [0.05, 0.1) is 19.0 Å². The molecule has 6 heteroatoms. The molecule has 0 aromatic rings. The Morgan fingerprint density at radius 2 is 2.06 bits per heavy atom.